The van der Waals surface area contributed by atoms with Crippen molar-refractivity contribution in [3.63, 3.8) is 0 Å². The summed E-state index contributed by atoms with van der Waals surface area (Å²) in [5.41, 5.74) is 0.708. The van der Waals surface area contributed by atoms with Gasteiger partial charge in [-0.15, -0.1) is 0 Å². The van der Waals surface area contributed by atoms with E-state index in [0.29, 0.717) is 17.0 Å². The predicted molar refractivity (Wildman–Crippen MR) is 115 cm³/mol. The molecule has 1 N–H and O–H groups in total. The van der Waals surface area contributed by atoms with Crippen molar-refractivity contribution in [2.75, 3.05) is 0 Å². The Balaban J connectivity index is 1.58. The predicted octanol–water partition coefficient (Wildman–Crippen LogP) is 6.48. The quantitative estimate of drug-likeness (QED) is 0.423. The van der Waals surface area contributed by atoms with Crippen LogP contribution in [0.4, 0.5) is 13.2 Å². The number of carbonyl (C=O) groups is 1. The highest BCUT2D eigenvalue weighted by Crippen LogP contribution is 2.42. The van der Waals surface area contributed by atoms with Crippen LogP contribution in [0.3, 0.4) is 0 Å². The van der Waals surface area contributed by atoms with Crippen molar-refractivity contribution in [1.29, 1.82) is 0 Å². The van der Waals surface area contributed by atoms with E-state index in [2.05, 4.69) is 6.92 Å². The molecule has 0 amide bonds. The van der Waals surface area contributed by atoms with Gasteiger partial charge in [-0.05, 0) is 62.0 Å². The number of fused-ring (bicyclic) bond motifs is 1. The first kappa shape index (κ1) is 22.8. The average molecular weight is 447 g/mol. The summed E-state index contributed by atoms with van der Waals surface area (Å²) in [7, 11) is 0. The molecule has 1 heterocycles. The van der Waals surface area contributed by atoms with E-state index in [1.165, 1.54) is 25.5 Å². The Bertz CT molecular complexity index is 1010. The lowest BCUT2D eigenvalue weighted by atomic mass is 9.76. The molecule has 2 unspecified atom stereocenters. The Morgan fingerprint density at radius 1 is 1.00 bits per heavy atom. The third-order valence-corrected chi connectivity index (χ3v) is 7.07. The number of aliphatic hydroxyl groups excluding tert-OH is 1. The van der Waals surface area contributed by atoms with E-state index < -0.39 is 35.4 Å². The lowest BCUT2D eigenvalue weighted by Crippen LogP contribution is -2.28. The smallest absolute Gasteiger partial charge is 0.319 e. The lowest BCUT2D eigenvalue weighted by molar-refractivity contribution is -0.137. The fraction of sp³-hybridized carbons (Fsp3) is 0.500. The highest BCUT2D eigenvalue weighted by atomic mass is 19.2. The number of benzene rings is 2. The van der Waals surface area contributed by atoms with Crippen molar-refractivity contribution >= 4 is 5.97 Å². The largest absolute Gasteiger partial charge is 0.423 e. The molecule has 1 aliphatic carbocycles. The minimum absolute atomic E-state index is 0.00299. The molecule has 2 aromatic carbocycles. The Labute approximate surface area is 186 Å². The molecule has 6 heteroatoms. The zero-order valence-electron chi connectivity index (χ0n) is 18.5. The summed E-state index contributed by atoms with van der Waals surface area (Å²) >= 11 is 0. The first-order valence-corrected chi connectivity index (χ1v) is 11.5. The van der Waals surface area contributed by atoms with Crippen LogP contribution in [0.1, 0.15) is 92.6 Å². The third-order valence-electron chi connectivity index (χ3n) is 7.07. The van der Waals surface area contributed by atoms with E-state index in [4.69, 9.17) is 4.74 Å². The molecule has 2 aromatic rings. The van der Waals surface area contributed by atoms with Gasteiger partial charge in [0.15, 0.2) is 23.2 Å². The second kappa shape index (κ2) is 9.26. The maximum atomic E-state index is 15.1. The van der Waals surface area contributed by atoms with Gasteiger partial charge in [-0.2, -0.15) is 0 Å². The first-order valence-electron chi connectivity index (χ1n) is 11.5. The van der Waals surface area contributed by atoms with E-state index in [1.54, 1.807) is 12.1 Å². The topological polar surface area (TPSA) is 46.5 Å². The number of hydrogen-bond acceptors (Lipinski definition) is 3. The number of halogens is 3. The molecule has 4 rings (SSSR count). The molecule has 1 aliphatic heterocycles. The Morgan fingerprint density at radius 2 is 1.66 bits per heavy atom. The third kappa shape index (κ3) is 4.17. The molecule has 0 bridgehead atoms. The first-order chi connectivity index (χ1) is 15.3. The van der Waals surface area contributed by atoms with Gasteiger partial charge >= 0.3 is 5.97 Å². The summed E-state index contributed by atoms with van der Waals surface area (Å²) in [5.74, 6) is -4.20. The number of esters is 1. The van der Waals surface area contributed by atoms with Crippen LogP contribution in [0.5, 0.6) is 5.75 Å². The van der Waals surface area contributed by atoms with Gasteiger partial charge in [0.1, 0.15) is 0 Å². The molecule has 2 aliphatic rings. The zero-order chi connectivity index (χ0) is 23.0. The molecular weight excluding hydrogens is 417 g/mol. The Hall–Kier alpha value is -2.34. The average Bonchev–Trinajstić information content (AvgIpc) is 2.77. The van der Waals surface area contributed by atoms with Gasteiger partial charge in [-0.25, -0.2) is 13.2 Å². The summed E-state index contributed by atoms with van der Waals surface area (Å²) in [6.45, 7) is 3.57. The van der Waals surface area contributed by atoms with Gasteiger partial charge in [0.05, 0.1) is 12.0 Å². The van der Waals surface area contributed by atoms with Crippen molar-refractivity contribution in [3.05, 3.63) is 64.0 Å². The van der Waals surface area contributed by atoms with Crippen LogP contribution < -0.4 is 4.74 Å². The maximum absolute atomic E-state index is 15.1. The standard InChI is InChI=1S/C26H29F3O3/c1-3-4-15-5-7-16(8-6-15)19-11-12-20(23(28)22(19)27)21-13-17-9-10-18(14(2)30)24(29)25(17)32-26(21)31/h9-12,14-16,21,30H,3-8,13H2,1-2H3. The van der Waals surface area contributed by atoms with Gasteiger partial charge in [-0.1, -0.05) is 44.0 Å². The SMILES string of the molecule is CCCC1CCC(c2ccc(C3Cc4ccc(C(C)O)c(F)c4OC3=O)c(F)c2F)CC1. The number of aliphatic hydroxyl groups is 1. The van der Waals surface area contributed by atoms with Crippen molar-refractivity contribution < 1.29 is 27.8 Å². The van der Waals surface area contributed by atoms with Crippen molar-refractivity contribution in [2.24, 2.45) is 5.92 Å². The number of rotatable bonds is 5. The second-order valence-corrected chi connectivity index (χ2v) is 9.19. The minimum Gasteiger partial charge on any atom is -0.423 e. The summed E-state index contributed by atoms with van der Waals surface area (Å²) in [6, 6.07) is 6.04. The summed E-state index contributed by atoms with van der Waals surface area (Å²) in [5, 5.41) is 9.67. The van der Waals surface area contributed by atoms with Crippen molar-refractivity contribution in [2.45, 2.75) is 76.7 Å². The van der Waals surface area contributed by atoms with Crippen LogP contribution in [0.15, 0.2) is 24.3 Å². The number of ether oxygens (including phenoxy) is 1. The number of carbonyl (C=O) groups excluding carboxylic acids is 1. The lowest BCUT2D eigenvalue weighted by Gasteiger charge is -2.29. The summed E-state index contributed by atoms with van der Waals surface area (Å²) in [6.07, 6.45) is 4.97. The minimum atomic E-state index is -1.06. The van der Waals surface area contributed by atoms with Gasteiger partial charge in [0.25, 0.3) is 0 Å². The highest BCUT2D eigenvalue weighted by Gasteiger charge is 2.36. The van der Waals surface area contributed by atoms with E-state index in [9.17, 15) is 14.3 Å². The summed E-state index contributed by atoms with van der Waals surface area (Å²) < 4.78 is 50.0. The normalized spacial score (nSPS) is 24.1. The van der Waals surface area contributed by atoms with E-state index in [-0.39, 0.29) is 29.2 Å². The Kier molecular flexibility index (Phi) is 6.61. The van der Waals surface area contributed by atoms with Gasteiger partial charge in [0.2, 0.25) is 0 Å². The molecule has 172 valence electrons. The molecular formula is C26H29F3O3. The fourth-order valence-electron chi connectivity index (χ4n) is 5.25. The fourth-order valence-corrected chi connectivity index (χ4v) is 5.25. The van der Waals surface area contributed by atoms with Gasteiger partial charge < -0.3 is 9.84 Å². The van der Waals surface area contributed by atoms with E-state index in [0.717, 1.165) is 32.1 Å². The van der Waals surface area contributed by atoms with Gasteiger partial charge in [0, 0.05) is 11.1 Å². The maximum Gasteiger partial charge on any atom is 0.319 e. The van der Waals surface area contributed by atoms with Crippen molar-refractivity contribution in [3.8, 4) is 5.75 Å². The van der Waals surface area contributed by atoms with E-state index >= 15 is 8.78 Å². The van der Waals surface area contributed by atoms with Crippen LogP contribution in [-0.4, -0.2) is 11.1 Å². The molecule has 1 saturated carbocycles. The Morgan fingerprint density at radius 3 is 2.31 bits per heavy atom. The molecule has 32 heavy (non-hydrogen) atoms. The molecule has 1 fully saturated rings. The summed E-state index contributed by atoms with van der Waals surface area (Å²) in [4.78, 5) is 12.6. The van der Waals surface area contributed by atoms with Crippen LogP contribution in [-0.2, 0) is 11.2 Å². The second-order valence-electron chi connectivity index (χ2n) is 9.19. The zero-order valence-corrected chi connectivity index (χ0v) is 18.5. The highest BCUT2D eigenvalue weighted by molar-refractivity contribution is 5.83. The van der Waals surface area contributed by atoms with Gasteiger partial charge in [-0.3, -0.25) is 4.79 Å². The molecule has 2 atom stereocenters. The van der Waals surface area contributed by atoms with E-state index in [1.807, 2.05) is 0 Å². The van der Waals surface area contributed by atoms with Crippen LogP contribution in [0, 0.1) is 23.4 Å². The molecule has 0 spiro atoms. The van der Waals surface area contributed by atoms with Crippen LogP contribution >= 0.6 is 0 Å². The van der Waals surface area contributed by atoms with Crippen molar-refractivity contribution in [1.82, 2.24) is 0 Å². The van der Waals surface area contributed by atoms with Crippen LogP contribution in [0.25, 0.3) is 0 Å². The molecule has 0 radical (unpaired) electrons. The monoisotopic (exact) mass is 446 g/mol. The number of hydrogen-bond donors (Lipinski definition) is 1. The molecule has 0 aromatic heterocycles. The van der Waals surface area contributed by atoms with Crippen LogP contribution in [0.2, 0.25) is 0 Å². The molecule has 3 nitrogen and oxygen atoms in total. The molecule has 0 saturated heterocycles.